The zero-order valence-electron chi connectivity index (χ0n) is 13.8. The Morgan fingerprint density at radius 2 is 1.86 bits per heavy atom. The molecule has 0 radical (unpaired) electrons. The molecule has 22 heavy (non-hydrogen) atoms. The highest BCUT2D eigenvalue weighted by molar-refractivity contribution is 5.82. The summed E-state index contributed by atoms with van der Waals surface area (Å²) in [4.78, 5) is 26.0. The molecule has 1 fully saturated rings. The summed E-state index contributed by atoms with van der Waals surface area (Å²) in [5.74, 6) is -0.742. The summed E-state index contributed by atoms with van der Waals surface area (Å²) in [6.07, 6.45) is 0.894. The summed E-state index contributed by atoms with van der Waals surface area (Å²) >= 11 is 0. The van der Waals surface area contributed by atoms with Crippen molar-refractivity contribution in [1.82, 2.24) is 4.90 Å². The minimum absolute atomic E-state index is 0.0167. The molecule has 1 amide bonds. The quantitative estimate of drug-likeness (QED) is 0.930. The van der Waals surface area contributed by atoms with Crippen LogP contribution in [0.4, 0.5) is 0 Å². The molecule has 1 saturated heterocycles. The van der Waals surface area contributed by atoms with Gasteiger partial charge >= 0.3 is 5.97 Å². The molecule has 0 saturated carbocycles. The minimum atomic E-state index is -0.795. The van der Waals surface area contributed by atoms with Gasteiger partial charge in [-0.05, 0) is 42.9 Å². The third kappa shape index (κ3) is 2.87. The molecule has 1 aromatic rings. The van der Waals surface area contributed by atoms with Crippen molar-refractivity contribution in [2.45, 2.75) is 40.5 Å². The van der Waals surface area contributed by atoms with E-state index in [4.69, 9.17) is 0 Å². The lowest BCUT2D eigenvalue weighted by Gasteiger charge is -2.28. The number of rotatable bonds is 4. The number of carboxylic acid groups (broad SMARTS) is 1. The lowest BCUT2D eigenvalue weighted by Crippen LogP contribution is -2.41. The minimum Gasteiger partial charge on any atom is -0.481 e. The highest BCUT2D eigenvalue weighted by atomic mass is 16.4. The van der Waals surface area contributed by atoms with Gasteiger partial charge in [0.1, 0.15) is 0 Å². The van der Waals surface area contributed by atoms with Crippen molar-refractivity contribution in [3.8, 4) is 0 Å². The maximum Gasteiger partial charge on any atom is 0.311 e. The molecule has 1 N–H and O–H groups in total. The van der Waals surface area contributed by atoms with Gasteiger partial charge in [0, 0.05) is 13.1 Å². The number of carboxylic acids is 1. The Morgan fingerprint density at radius 1 is 1.27 bits per heavy atom. The fourth-order valence-electron chi connectivity index (χ4n) is 3.33. The molecule has 4 heteroatoms. The predicted octanol–water partition coefficient (Wildman–Crippen LogP) is 2.81. The summed E-state index contributed by atoms with van der Waals surface area (Å²) in [5, 5.41) is 9.57. The molecule has 1 atom stereocenters. The van der Waals surface area contributed by atoms with Crippen molar-refractivity contribution in [2.24, 2.45) is 11.3 Å². The first kappa shape index (κ1) is 16.5. The number of amides is 1. The van der Waals surface area contributed by atoms with Gasteiger partial charge in [-0.2, -0.15) is 0 Å². The van der Waals surface area contributed by atoms with Gasteiger partial charge in [0.2, 0.25) is 5.91 Å². The van der Waals surface area contributed by atoms with E-state index in [0.29, 0.717) is 25.9 Å². The summed E-state index contributed by atoms with van der Waals surface area (Å²) in [7, 11) is 0. The first-order valence-corrected chi connectivity index (χ1v) is 7.84. The lowest BCUT2D eigenvalue weighted by molar-refractivity contribution is -0.151. The van der Waals surface area contributed by atoms with Gasteiger partial charge in [0.25, 0.3) is 0 Å². The van der Waals surface area contributed by atoms with E-state index in [0.717, 1.165) is 16.7 Å². The zero-order valence-corrected chi connectivity index (χ0v) is 13.8. The Bertz CT molecular complexity index is 574. The summed E-state index contributed by atoms with van der Waals surface area (Å²) in [5.41, 5.74) is 2.49. The van der Waals surface area contributed by atoms with Crippen molar-refractivity contribution in [1.29, 1.82) is 0 Å². The van der Waals surface area contributed by atoms with E-state index >= 15 is 0 Å². The number of carbonyl (C=O) groups is 2. The predicted molar refractivity (Wildman–Crippen MR) is 85.7 cm³/mol. The highest BCUT2D eigenvalue weighted by Crippen LogP contribution is 2.38. The van der Waals surface area contributed by atoms with Crippen LogP contribution >= 0.6 is 0 Å². The number of benzene rings is 1. The van der Waals surface area contributed by atoms with Crippen molar-refractivity contribution in [3.05, 3.63) is 34.9 Å². The van der Waals surface area contributed by atoms with E-state index in [1.165, 1.54) is 0 Å². The van der Waals surface area contributed by atoms with E-state index in [-0.39, 0.29) is 11.8 Å². The number of hydrogen-bond donors (Lipinski definition) is 1. The first-order chi connectivity index (χ1) is 10.3. The van der Waals surface area contributed by atoms with Crippen LogP contribution in [0.2, 0.25) is 0 Å². The molecule has 1 unspecified atom stereocenters. The fraction of sp³-hybridized carbons (Fsp3) is 0.556. The molecular formula is C18H25NO3. The van der Waals surface area contributed by atoms with Gasteiger partial charge in [0.05, 0.1) is 11.8 Å². The third-order valence-electron chi connectivity index (χ3n) is 5.16. The fourth-order valence-corrected chi connectivity index (χ4v) is 3.33. The number of likely N-dealkylation sites (tertiary alicyclic amines) is 1. The number of nitrogens with zero attached hydrogens (tertiary/aromatic N) is 1. The van der Waals surface area contributed by atoms with Crippen LogP contribution in [0.25, 0.3) is 0 Å². The second-order valence-corrected chi connectivity index (χ2v) is 6.73. The van der Waals surface area contributed by atoms with Crippen LogP contribution in [-0.4, -0.2) is 35.0 Å². The van der Waals surface area contributed by atoms with E-state index in [2.05, 4.69) is 0 Å². The monoisotopic (exact) mass is 303 g/mol. The lowest BCUT2D eigenvalue weighted by atomic mass is 9.76. The van der Waals surface area contributed by atoms with Gasteiger partial charge in [-0.3, -0.25) is 9.59 Å². The smallest absolute Gasteiger partial charge is 0.311 e. The molecule has 4 nitrogen and oxygen atoms in total. The first-order valence-electron chi connectivity index (χ1n) is 7.84. The van der Waals surface area contributed by atoms with Crippen LogP contribution in [0, 0.1) is 25.2 Å². The normalized spacial score (nSPS) is 21.4. The molecule has 1 heterocycles. The largest absolute Gasteiger partial charge is 0.481 e. The van der Waals surface area contributed by atoms with E-state index in [1.54, 1.807) is 4.90 Å². The molecule has 0 spiro atoms. The number of carbonyl (C=O) groups excluding carboxylic acids is 1. The number of hydrogen-bond acceptors (Lipinski definition) is 2. The van der Waals surface area contributed by atoms with Crippen molar-refractivity contribution in [3.63, 3.8) is 0 Å². The maximum atomic E-state index is 12.6. The third-order valence-corrected chi connectivity index (χ3v) is 5.16. The van der Waals surface area contributed by atoms with E-state index in [1.807, 2.05) is 45.9 Å². The number of aryl methyl sites for hydroxylation is 2. The Kier molecular flexibility index (Phi) is 4.59. The second kappa shape index (κ2) is 6.11. The molecule has 1 aliphatic heterocycles. The van der Waals surface area contributed by atoms with Crippen LogP contribution in [0.5, 0.6) is 0 Å². The van der Waals surface area contributed by atoms with Gasteiger partial charge < -0.3 is 10.0 Å². The molecule has 2 rings (SSSR count). The molecule has 1 aliphatic rings. The zero-order chi connectivity index (χ0) is 16.5. The Hall–Kier alpha value is -1.84. The highest BCUT2D eigenvalue weighted by Gasteiger charge is 2.48. The van der Waals surface area contributed by atoms with Crippen LogP contribution in [0.1, 0.15) is 37.0 Å². The molecule has 1 aromatic carbocycles. The number of aliphatic carboxylic acids is 1. The van der Waals surface area contributed by atoms with E-state index in [9.17, 15) is 14.7 Å². The SMILES string of the molecule is Cc1cccc(C)c1CC(=O)N1CCC(C(=O)O)(C(C)C)C1. The summed E-state index contributed by atoms with van der Waals surface area (Å²) < 4.78 is 0. The van der Waals surface area contributed by atoms with Gasteiger partial charge in [-0.15, -0.1) is 0 Å². The molecule has 120 valence electrons. The maximum absolute atomic E-state index is 12.6. The van der Waals surface area contributed by atoms with Gasteiger partial charge in [-0.1, -0.05) is 32.0 Å². The Morgan fingerprint density at radius 3 is 2.32 bits per heavy atom. The van der Waals surface area contributed by atoms with Crippen molar-refractivity contribution >= 4 is 11.9 Å². The van der Waals surface area contributed by atoms with Crippen LogP contribution in [0.3, 0.4) is 0 Å². The molecule has 0 aliphatic carbocycles. The van der Waals surface area contributed by atoms with Crippen LogP contribution in [0.15, 0.2) is 18.2 Å². The second-order valence-electron chi connectivity index (χ2n) is 6.73. The molecule has 0 aromatic heterocycles. The van der Waals surface area contributed by atoms with Crippen molar-refractivity contribution in [2.75, 3.05) is 13.1 Å². The van der Waals surface area contributed by atoms with Gasteiger partial charge in [-0.25, -0.2) is 0 Å². The van der Waals surface area contributed by atoms with E-state index < -0.39 is 11.4 Å². The summed E-state index contributed by atoms with van der Waals surface area (Å²) in [6.45, 7) is 8.73. The van der Waals surface area contributed by atoms with Crippen molar-refractivity contribution < 1.29 is 14.7 Å². The Labute approximate surface area is 132 Å². The average Bonchev–Trinajstić information content (AvgIpc) is 2.89. The van der Waals surface area contributed by atoms with Crippen LogP contribution < -0.4 is 0 Å². The topological polar surface area (TPSA) is 57.6 Å². The standard InChI is InChI=1S/C18H25NO3/c1-12(2)18(17(21)22)8-9-19(11-18)16(20)10-15-13(3)6-5-7-14(15)4/h5-7,12H,8-11H2,1-4H3,(H,21,22). The average molecular weight is 303 g/mol. The molecule has 0 bridgehead atoms. The summed E-state index contributed by atoms with van der Waals surface area (Å²) in [6, 6.07) is 6.01. The Balaban J connectivity index is 2.14. The molecular weight excluding hydrogens is 278 g/mol. The van der Waals surface area contributed by atoms with Crippen LogP contribution in [-0.2, 0) is 16.0 Å². The van der Waals surface area contributed by atoms with Gasteiger partial charge in [0.15, 0.2) is 0 Å².